The number of imide groups is 1. The standard InChI is InChI=1S/C31H36N4O7S/c1-31(2,3)26-18-23(35-27(36)15-16-32-30(35)38)17-25(28(26)42-5)29(37)33-21-9-11-22(12-10-21)34(43(6,39)40)19-20-7-13-24(41-4)14-8-20/h7-14,17-18H,15-16,19H2,1-6H3,(H,32,38)(H,33,37). The first-order valence-corrected chi connectivity index (χ1v) is 15.4. The third kappa shape index (κ3) is 7.08. The zero-order valence-electron chi connectivity index (χ0n) is 25.1. The summed E-state index contributed by atoms with van der Waals surface area (Å²) >= 11 is 0. The lowest BCUT2D eigenvalue weighted by Gasteiger charge is -2.30. The summed E-state index contributed by atoms with van der Waals surface area (Å²) in [5.41, 5.74) is 2.14. The zero-order valence-corrected chi connectivity index (χ0v) is 25.9. The first-order valence-electron chi connectivity index (χ1n) is 13.6. The van der Waals surface area contributed by atoms with Crippen molar-refractivity contribution in [2.75, 3.05) is 41.5 Å². The maximum Gasteiger partial charge on any atom is 0.328 e. The first kappa shape index (κ1) is 31.4. The lowest BCUT2D eigenvalue weighted by molar-refractivity contribution is -0.118. The van der Waals surface area contributed by atoms with Gasteiger partial charge in [-0.15, -0.1) is 0 Å². The average molecular weight is 609 g/mol. The number of anilines is 3. The number of hydrogen-bond acceptors (Lipinski definition) is 7. The number of carbonyl (C=O) groups excluding carboxylic acids is 3. The molecular formula is C31H36N4O7S. The van der Waals surface area contributed by atoms with Crippen molar-refractivity contribution in [3.63, 3.8) is 0 Å². The normalized spacial score (nSPS) is 13.8. The minimum absolute atomic E-state index is 0.108. The van der Waals surface area contributed by atoms with Crippen molar-refractivity contribution in [1.29, 1.82) is 0 Å². The molecule has 0 radical (unpaired) electrons. The predicted molar refractivity (Wildman–Crippen MR) is 166 cm³/mol. The molecule has 0 aliphatic carbocycles. The van der Waals surface area contributed by atoms with Gasteiger partial charge in [0.15, 0.2) is 0 Å². The average Bonchev–Trinajstić information content (AvgIpc) is 2.95. The molecule has 0 atom stereocenters. The van der Waals surface area contributed by atoms with Gasteiger partial charge in [-0.05, 0) is 59.5 Å². The summed E-state index contributed by atoms with van der Waals surface area (Å²) < 4.78 is 37.4. The summed E-state index contributed by atoms with van der Waals surface area (Å²) in [6.45, 7) is 6.17. The van der Waals surface area contributed by atoms with Gasteiger partial charge in [-0.25, -0.2) is 18.1 Å². The molecule has 0 bridgehead atoms. The molecule has 12 heteroatoms. The maximum atomic E-state index is 13.6. The maximum absolute atomic E-state index is 13.6. The highest BCUT2D eigenvalue weighted by Crippen LogP contribution is 2.39. The number of nitrogens with one attached hydrogen (secondary N) is 2. The van der Waals surface area contributed by atoms with E-state index >= 15 is 0 Å². The van der Waals surface area contributed by atoms with Crippen molar-refractivity contribution < 1.29 is 32.3 Å². The number of amides is 4. The van der Waals surface area contributed by atoms with Crippen molar-refractivity contribution in [1.82, 2.24) is 5.32 Å². The van der Waals surface area contributed by atoms with E-state index in [-0.39, 0.29) is 36.7 Å². The SMILES string of the molecule is COc1ccc(CN(c2ccc(NC(=O)c3cc(N4C(=O)CCNC4=O)cc(C(C)(C)C)c3OC)cc2)S(C)(=O)=O)cc1. The van der Waals surface area contributed by atoms with Gasteiger partial charge in [0, 0.05) is 24.2 Å². The second-order valence-corrected chi connectivity index (χ2v) is 13.1. The molecule has 4 amide bonds. The predicted octanol–water partition coefficient (Wildman–Crippen LogP) is 4.67. The lowest BCUT2D eigenvalue weighted by atomic mass is 9.84. The van der Waals surface area contributed by atoms with E-state index in [1.54, 1.807) is 61.7 Å². The van der Waals surface area contributed by atoms with Crippen molar-refractivity contribution in [2.45, 2.75) is 39.2 Å². The molecule has 0 aromatic heterocycles. The number of carbonyl (C=O) groups is 3. The van der Waals surface area contributed by atoms with E-state index in [1.807, 2.05) is 20.8 Å². The Labute approximate surface area is 251 Å². The first-order chi connectivity index (χ1) is 20.2. The number of hydrogen-bond donors (Lipinski definition) is 2. The number of nitrogens with zero attached hydrogens (tertiary/aromatic N) is 2. The summed E-state index contributed by atoms with van der Waals surface area (Å²) in [6, 6.07) is 16.1. The van der Waals surface area contributed by atoms with Crippen LogP contribution in [0.2, 0.25) is 0 Å². The minimum atomic E-state index is -3.63. The highest BCUT2D eigenvalue weighted by atomic mass is 32.2. The second kappa shape index (κ2) is 12.3. The van der Waals surface area contributed by atoms with Crippen LogP contribution < -0.4 is 29.3 Å². The molecule has 0 spiro atoms. The van der Waals surface area contributed by atoms with E-state index in [9.17, 15) is 22.8 Å². The number of urea groups is 1. The third-order valence-electron chi connectivity index (χ3n) is 6.95. The third-order valence-corrected chi connectivity index (χ3v) is 8.10. The molecule has 43 heavy (non-hydrogen) atoms. The zero-order chi connectivity index (χ0) is 31.5. The summed E-state index contributed by atoms with van der Waals surface area (Å²) in [6.07, 6.45) is 1.27. The number of ether oxygens (including phenoxy) is 2. The molecule has 3 aromatic rings. The van der Waals surface area contributed by atoms with Crippen LogP contribution in [0.1, 0.15) is 48.7 Å². The summed E-state index contributed by atoms with van der Waals surface area (Å²) in [4.78, 5) is 39.9. The van der Waals surface area contributed by atoms with Gasteiger partial charge in [0.25, 0.3) is 5.91 Å². The molecule has 0 saturated carbocycles. The van der Waals surface area contributed by atoms with Crippen molar-refractivity contribution >= 4 is 44.9 Å². The molecule has 228 valence electrons. The van der Waals surface area contributed by atoms with Crippen LogP contribution >= 0.6 is 0 Å². The molecule has 1 heterocycles. The van der Waals surface area contributed by atoms with E-state index in [0.29, 0.717) is 28.4 Å². The van der Waals surface area contributed by atoms with Crippen molar-refractivity contribution in [2.24, 2.45) is 0 Å². The van der Waals surface area contributed by atoms with Gasteiger partial charge in [-0.1, -0.05) is 32.9 Å². The smallest absolute Gasteiger partial charge is 0.328 e. The van der Waals surface area contributed by atoms with Crippen LogP contribution in [-0.2, 0) is 26.8 Å². The number of benzene rings is 3. The van der Waals surface area contributed by atoms with Gasteiger partial charge in [0.1, 0.15) is 11.5 Å². The fraction of sp³-hybridized carbons (Fsp3) is 0.323. The summed E-state index contributed by atoms with van der Waals surface area (Å²) in [5, 5.41) is 5.49. The minimum Gasteiger partial charge on any atom is -0.497 e. The lowest BCUT2D eigenvalue weighted by Crippen LogP contribution is -2.50. The van der Waals surface area contributed by atoms with Crippen molar-refractivity contribution in [3.8, 4) is 11.5 Å². The Bertz CT molecular complexity index is 1610. The number of sulfonamides is 1. The summed E-state index contributed by atoms with van der Waals surface area (Å²) in [5.74, 6) is 0.0797. The molecule has 1 saturated heterocycles. The monoisotopic (exact) mass is 608 g/mol. The Kier molecular flexibility index (Phi) is 9.00. The molecule has 1 fully saturated rings. The Hall–Kier alpha value is -4.58. The van der Waals surface area contributed by atoms with Crippen LogP contribution in [0.15, 0.2) is 60.7 Å². The van der Waals surface area contributed by atoms with Crippen LogP contribution in [0.3, 0.4) is 0 Å². The molecule has 0 unspecified atom stereocenters. The van der Waals surface area contributed by atoms with Crippen LogP contribution in [0.4, 0.5) is 21.9 Å². The van der Waals surface area contributed by atoms with Gasteiger partial charge in [0.05, 0.1) is 44.0 Å². The van der Waals surface area contributed by atoms with E-state index in [1.165, 1.54) is 17.5 Å². The molecule has 1 aliphatic rings. The molecular weight excluding hydrogens is 572 g/mol. The van der Waals surface area contributed by atoms with Gasteiger partial charge in [-0.2, -0.15) is 0 Å². The Morgan fingerprint density at radius 2 is 1.65 bits per heavy atom. The topological polar surface area (TPSA) is 134 Å². The van der Waals surface area contributed by atoms with Crippen LogP contribution in [-0.4, -0.2) is 53.3 Å². The van der Waals surface area contributed by atoms with Crippen LogP contribution in [0.25, 0.3) is 0 Å². The number of rotatable bonds is 9. The fourth-order valence-electron chi connectivity index (χ4n) is 4.74. The summed E-state index contributed by atoms with van der Waals surface area (Å²) in [7, 11) is -0.616. The van der Waals surface area contributed by atoms with E-state index in [4.69, 9.17) is 9.47 Å². The second-order valence-electron chi connectivity index (χ2n) is 11.2. The van der Waals surface area contributed by atoms with Gasteiger partial charge < -0.3 is 20.1 Å². The fourth-order valence-corrected chi connectivity index (χ4v) is 5.62. The number of methoxy groups -OCH3 is 2. The molecule has 3 aromatic carbocycles. The Balaban J connectivity index is 1.65. The molecule has 4 rings (SSSR count). The van der Waals surface area contributed by atoms with E-state index < -0.39 is 27.4 Å². The molecule has 11 nitrogen and oxygen atoms in total. The largest absolute Gasteiger partial charge is 0.497 e. The van der Waals surface area contributed by atoms with E-state index in [2.05, 4.69) is 10.6 Å². The van der Waals surface area contributed by atoms with Crippen molar-refractivity contribution in [3.05, 3.63) is 77.4 Å². The van der Waals surface area contributed by atoms with Gasteiger partial charge in [-0.3, -0.25) is 13.9 Å². The van der Waals surface area contributed by atoms with Crippen LogP contribution in [0.5, 0.6) is 11.5 Å². The van der Waals surface area contributed by atoms with Gasteiger partial charge in [0.2, 0.25) is 15.9 Å². The molecule has 2 N–H and O–H groups in total. The Morgan fingerprint density at radius 3 is 2.19 bits per heavy atom. The highest BCUT2D eigenvalue weighted by Gasteiger charge is 2.32. The quantitative estimate of drug-likeness (QED) is 0.361. The molecule has 1 aliphatic heterocycles. The Morgan fingerprint density at radius 1 is 1.00 bits per heavy atom. The van der Waals surface area contributed by atoms with Gasteiger partial charge >= 0.3 is 6.03 Å². The van der Waals surface area contributed by atoms with Crippen LogP contribution in [0, 0.1) is 0 Å². The van der Waals surface area contributed by atoms with E-state index in [0.717, 1.165) is 16.7 Å². The highest BCUT2D eigenvalue weighted by molar-refractivity contribution is 7.92.